The lowest BCUT2D eigenvalue weighted by atomic mass is 10.0. The van der Waals surface area contributed by atoms with Crippen LogP contribution in [0.2, 0.25) is 0 Å². The van der Waals surface area contributed by atoms with Gasteiger partial charge >= 0.3 is 17.9 Å². The number of likely N-dealkylation sites (N-methyl/N-ethyl adjacent to an activating group) is 1. The standard InChI is InChI=1S/C56H107NO8/c1-6-8-10-12-14-16-18-20-22-24-26-27-29-30-32-34-36-38-40-42-44-46-53(58)63-50-52(51-64-56(55(60)61)62-49-48-57(3,4)5)65-54(59)47-45-43-41-39-37-35-33-31-28-25-23-21-19-17-15-13-11-9-7-2/h21,23,52,56H,6-20,22,24-51H2,1-5H3/p+1/b23-21-. The van der Waals surface area contributed by atoms with Gasteiger partial charge < -0.3 is 28.5 Å². The van der Waals surface area contributed by atoms with E-state index in [1.54, 1.807) is 0 Å². The van der Waals surface area contributed by atoms with Crippen molar-refractivity contribution in [3.8, 4) is 0 Å². The van der Waals surface area contributed by atoms with Crippen LogP contribution in [0.3, 0.4) is 0 Å². The van der Waals surface area contributed by atoms with Crippen LogP contribution < -0.4 is 0 Å². The lowest BCUT2D eigenvalue weighted by Gasteiger charge is -2.25. The van der Waals surface area contributed by atoms with Crippen molar-refractivity contribution in [1.29, 1.82) is 0 Å². The maximum atomic E-state index is 12.8. The minimum Gasteiger partial charge on any atom is -0.477 e. The highest BCUT2D eigenvalue weighted by atomic mass is 16.7. The van der Waals surface area contributed by atoms with Crippen LogP contribution >= 0.6 is 0 Å². The predicted octanol–water partition coefficient (Wildman–Crippen LogP) is 15.8. The number of carboxylic acids is 1. The van der Waals surface area contributed by atoms with Crippen molar-refractivity contribution in [3.63, 3.8) is 0 Å². The summed E-state index contributed by atoms with van der Waals surface area (Å²) in [7, 11) is 5.97. The fourth-order valence-electron chi connectivity index (χ4n) is 8.19. The Morgan fingerprint density at radius 3 is 1.14 bits per heavy atom. The lowest BCUT2D eigenvalue weighted by molar-refractivity contribution is -0.870. The summed E-state index contributed by atoms with van der Waals surface area (Å²) in [5.41, 5.74) is 0. The number of ether oxygens (including phenoxy) is 4. The molecule has 1 N–H and O–H groups in total. The van der Waals surface area contributed by atoms with Gasteiger partial charge in [-0.2, -0.15) is 0 Å². The number of allylic oxidation sites excluding steroid dienone is 2. The van der Waals surface area contributed by atoms with Crippen LogP contribution in [0.25, 0.3) is 0 Å². The average Bonchev–Trinajstić information content (AvgIpc) is 3.27. The summed E-state index contributed by atoms with van der Waals surface area (Å²) >= 11 is 0. The molecule has 2 unspecified atom stereocenters. The van der Waals surface area contributed by atoms with Crippen LogP contribution in [0.4, 0.5) is 0 Å². The highest BCUT2D eigenvalue weighted by molar-refractivity contribution is 5.71. The zero-order valence-corrected chi connectivity index (χ0v) is 43.7. The first-order chi connectivity index (χ1) is 31.6. The van der Waals surface area contributed by atoms with E-state index < -0.39 is 24.3 Å². The molecule has 0 aromatic carbocycles. The molecule has 0 fully saturated rings. The quantitative estimate of drug-likeness (QED) is 0.0211. The van der Waals surface area contributed by atoms with E-state index in [0.29, 0.717) is 17.4 Å². The van der Waals surface area contributed by atoms with Gasteiger partial charge in [-0.25, -0.2) is 4.79 Å². The van der Waals surface area contributed by atoms with E-state index in [4.69, 9.17) is 18.9 Å². The van der Waals surface area contributed by atoms with Crippen LogP contribution in [0, 0.1) is 0 Å². The van der Waals surface area contributed by atoms with Crippen molar-refractivity contribution in [2.45, 2.75) is 283 Å². The Balaban J connectivity index is 4.24. The molecular formula is C56H108NO8+. The first kappa shape index (κ1) is 63.0. The van der Waals surface area contributed by atoms with E-state index in [1.807, 2.05) is 21.1 Å². The van der Waals surface area contributed by atoms with Gasteiger partial charge in [-0.05, 0) is 38.5 Å². The molecule has 0 heterocycles. The van der Waals surface area contributed by atoms with Gasteiger partial charge in [0.05, 0.1) is 34.4 Å². The first-order valence-electron chi connectivity index (χ1n) is 27.9. The maximum absolute atomic E-state index is 12.8. The monoisotopic (exact) mass is 923 g/mol. The zero-order chi connectivity index (χ0) is 47.7. The number of carboxylic acid groups (broad SMARTS) is 1. The van der Waals surface area contributed by atoms with Crippen LogP contribution in [0.1, 0.15) is 271 Å². The normalized spacial score (nSPS) is 12.8. The predicted molar refractivity (Wildman–Crippen MR) is 272 cm³/mol. The molecule has 0 spiro atoms. The van der Waals surface area contributed by atoms with E-state index in [0.717, 1.165) is 38.5 Å². The van der Waals surface area contributed by atoms with Crippen molar-refractivity contribution in [2.24, 2.45) is 0 Å². The summed E-state index contributed by atoms with van der Waals surface area (Å²) in [4.78, 5) is 37.4. The Morgan fingerprint density at radius 1 is 0.446 bits per heavy atom. The molecule has 384 valence electrons. The molecule has 0 saturated carbocycles. The molecule has 0 radical (unpaired) electrons. The van der Waals surface area contributed by atoms with E-state index >= 15 is 0 Å². The van der Waals surface area contributed by atoms with Gasteiger partial charge in [-0.3, -0.25) is 9.59 Å². The van der Waals surface area contributed by atoms with Gasteiger partial charge in [0.2, 0.25) is 0 Å². The highest BCUT2D eigenvalue weighted by Gasteiger charge is 2.25. The topological polar surface area (TPSA) is 108 Å². The van der Waals surface area contributed by atoms with Crippen molar-refractivity contribution in [2.75, 3.05) is 47.5 Å². The molecule has 65 heavy (non-hydrogen) atoms. The summed E-state index contributed by atoms with van der Waals surface area (Å²) in [5.74, 6) is -1.99. The van der Waals surface area contributed by atoms with Gasteiger partial charge in [0, 0.05) is 12.8 Å². The number of unbranched alkanes of at least 4 members (excludes halogenated alkanes) is 35. The zero-order valence-electron chi connectivity index (χ0n) is 43.7. The molecule has 0 bridgehead atoms. The number of hydrogen-bond acceptors (Lipinski definition) is 7. The van der Waals surface area contributed by atoms with Crippen molar-refractivity contribution >= 4 is 17.9 Å². The number of rotatable bonds is 52. The minimum absolute atomic E-state index is 0.176. The van der Waals surface area contributed by atoms with Crippen LogP contribution in [-0.4, -0.2) is 87.4 Å². The molecule has 0 rings (SSSR count). The van der Waals surface area contributed by atoms with E-state index in [-0.39, 0.29) is 32.2 Å². The summed E-state index contributed by atoms with van der Waals surface area (Å²) < 4.78 is 22.9. The molecule has 2 atom stereocenters. The number of quaternary nitrogens is 1. The number of carbonyl (C=O) groups excluding carboxylic acids is 2. The Hall–Kier alpha value is -1.97. The lowest BCUT2D eigenvalue weighted by Crippen LogP contribution is -2.40. The Labute approximate surface area is 402 Å². The molecule has 9 nitrogen and oxygen atoms in total. The number of nitrogens with zero attached hydrogens (tertiary/aromatic N) is 1. The molecule has 0 aliphatic heterocycles. The third kappa shape index (κ3) is 49.8. The van der Waals surface area contributed by atoms with E-state index in [2.05, 4.69) is 26.0 Å². The molecule has 0 aromatic heterocycles. The summed E-state index contributed by atoms with van der Waals surface area (Å²) in [6, 6.07) is 0. The van der Waals surface area contributed by atoms with Gasteiger partial charge in [-0.15, -0.1) is 0 Å². The second kappa shape index (κ2) is 48.5. The minimum atomic E-state index is -1.51. The fourth-order valence-corrected chi connectivity index (χ4v) is 8.19. The molecular weight excluding hydrogens is 815 g/mol. The molecule has 0 aliphatic rings. The Bertz CT molecular complexity index is 1070. The number of hydrogen-bond donors (Lipinski definition) is 1. The molecule has 0 aliphatic carbocycles. The summed E-state index contributed by atoms with van der Waals surface area (Å²) in [6.07, 6.45) is 51.3. The average molecular weight is 923 g/mol. The van der Waals surface area contributed by atoms with Gasteiger partial charge in [-0.1, -0.05) is 231 Å². The van der Waals surface area contributed by atoms with Crippen molar-refractivity contribution in [3.05, 3.63) is 12.2 Å². The highest BCUT2D eigenvalue weighted by Crippen LogP contribution is 2.17. The van der Waals surface area contributed by atoms with Gasteiger partial charge in [0.15, 0.2) is 6.10 Å². The van der Waals surface area contributed by atoms with Crippen molar-refractivity contribution < 1.29 is 42.9 Å². The van der Waals surface area contributed by atoms with Gasteiger partial charge in [0.1, 0.15) is 13.2 Å². The summed E-state index contributed by atoms with van der Waals surface area (Å²) in [6.45, 7) is 4.92. The Kier molecular flexibility index (Phi) is 47.0. The van der Waals surface area contributed by atoms with Crippen LogP contribution in [0.5, 0.6) is 0 Å². The molecule has 0 amide bonds. The van der Waals surface area contributed by atoms with Crippen molar-refractivity contribution in [1.82, 2.24) is 0 Å². The summed E-state index contributed by atoms with van der Waals surface area (Å²) in [5, 5.41) is 9.69. The van der Waals surface area contributed by atoms with Gasteiger partial charge in [0.25, 0.3) is 6.29 Å². The molecule has 0 aromatic rings. The smallest absolute Gasteiger partial charge is 0.361 e. The maximum Gasteiger partial charge on any atom is 0.361 e. The van der Waals surface area contributed by atoms with E-state index in [9.17, 15) is 19.5 Å². The van der Waals surface area contributed by atoms with Crippen LogP contribution in [-0.2, 0) is 33.3 Å². The number of esters is 2. The SMILES string of the molecule is CCCCCCCC/C=C\CCCCCCCCCCCC(=O)OC(COC(=O)CCCCCCCCCCCCCCCCCCCCCCC)COC(OCC[N+](C)(C)C)C(=O)O. The number of carbonyl (C=O) groups is 3. The number of aliphatic carboxylic acids is 1. The fraction of sp³-hybridized carbons (Fsp3) is 0.911. The Morgan fingerprint density at radius 2 is 0.785 bits per heavy atom. The molecule has 9 heteroatoms. The third-order valence-electron chi connectivity index (χ3n) is 12.5. The molecule has 0 saturated heterocycles. The van der Waals surface area contributed by atoms with E-state index in [1.165, 1.54) is 205 Å². The largest absolute Gasteiger partial charge is 0.477 e. The third-order valence-corrected chi connectivity index (χ3v) is 12.5. The second-order valence-corrected chi connectivity index (χ2v) is 20.3. The second-order valence-electron chi connectivity index (χ2n) is 20.3. The van der Waals surface area contributed by atoms with Crippen LogP contribution in [0.15, 0.2) is 12.2 Å². The first-order valence-corrected chi connectivity index (χ1v) is 27.9.